The molecule has 0 saturated heterocycles. The Kier molecular flexibility index (Phi) is 18.5. The summed E-state index contributed by atoms with van der Waals surface area (Å²) in [6.07, 6.45) is 3.68. The lowest BCUT2D eigenvalue weighted by molar-refractivity contribution is 0.100. The third-order valence-electron chi connectivity index (χ3n) is 10.1. The number of carbonyl (C=O) groups excluding carboxylic acids is 3. The zero-order chi connectivity index (χ0) is 45.7. The quantitative estimate of drug-likeness (QED) is 0.0473. The summed E-state index contributed by atoms with van der Waals surface area (Å²) >= 11 is 5.14. The number of hydrogen-bond acceptors (Lipinski definition) is 9. The van der Waals surface area contributed by atoms with Crippen molar-refractivity contribution in [3.05, 3.63) is 161 Å². The molecule has 0 unspecified atom stereocenters. The highest BCUT2D eigenvalue weighted by Gasteiger charge is 2.29. The van der Waals surface area contributed by atoms with E-state index >= 15 is 0 Å². The highest BCUT2D eigenvalue weighted by Crippen LogP contribution is 2.38. The van der Waals surface area contributed by atoms with Crippen molar-refractivity contribution < 1.29 is 27.4 Å². The van der Waals surface area contributed by atoms with Crippen LogP contribution >= 0.6 is 35.3 Å². The van der Waals surface area contributed by atoms with Crippen LogP contribution in [0, 0.1) is 0 Å². The molecule has 0 spiro atoms. The Morgan fingerprint density at radius 3 is 0.937 bits per heavy atom. The first-order valence-electron chi connectivity index (χ1n) is 21.1. The monoisotopic (exact) mass is 934 g/mol. The summed E-state index contributed by atoms with van der Waals surface area (Å²) in [6.45, 7) is 13.0. The van der Waals surface area contributed by atoms with E-state index < -0.39 is 10.1 Å². The molecule has 0 atom stereocenters. The number of unbranched alkanes of at least 4 members (excludes halogenated alkanes) is 1. The number of benzene rings is 6. The van der Waals surface area contributed by atoms with Crippen molar-refractivity contribution >= 4 is 73.6 Å². The molecular formula is C52H54O6S5. The average molecular weight is 935 g/mol. The Balaban J connectivity index is 0.000000852. The molecule has 0 radical (unpaired) electrons. The van der Waals surface area contributed by atoms with Crippen LogP contribution in [0.2, 0.25) is 0 Å². The Morgan fingerprint density at radius 1 is 0.460 bits per heavy atom. The van der Waals surface area contributed by atoms with Crippen LogP contribution < -0.4 is 0 Å². The van der Waals surface area contributed by atoms with Gasteiger partial charge in [-0.05, 0) is 172 Å². The van der Waals surface area contributed by atoms with Crippen molar-refractivity contribution in [3.63, 3.8) is 0 Å². The molecule has 0 aliphatic carbocycles. The molecule has 328 valence electrons. The minimum atomic E-state index is -3.94. The summed E-state index contributed by atoms with van der Waals surface area (Å²) in [4.78, 5) is 46.8. The van der Waals surface area contributed by atoms with E-state index in [2.05, 4.69) is 112 Å². The third kappa shape index (κ3) is 14.3. The van der Waals surface area contributed by atoms with Crippen LogP contribution in [-0.2, 0) is 40.3 Å². The van der Waals surface area contributed by atoms with E-state index in [0.717, 1.165) is 88.4 Å². The van der Waals surface area contributed by atoms with Gasteiger partial charge in [-0.25, -0.2) is 8.42 Å². The average Bonchev–Trinajstić information content (AvgIpc) is 3.27. The van der Waals surface area contributed by atoms with E-state index in [9.17, 15) is 27.4 Å². The molecule has 6 aromatic rings. The van der Waals surface area contributed by atoms with Crippen molar-refractivity contribution in [1.29, 1.82) is 0 Å². The summed E-state index contributed by atoms with van der Waals surface area (Å²) in [7, 11) is -4.30. The van der Waals surface area contributed by atoms with E-state index in [0.29, 0.717) is 6.42 Å². The van der Waals surface area contributed by atoms with Crippen LogP contribution in [0.5, 0.6) is 0 Å². The molecule has 6 rings (SSSR count). The molecule has 6 nitrogen and oxygen atoms in total. The molecule has 0 aliphatic heterocycles. The first-order chi connectivity index (χ1) is 30.1. The summed E-state index contributed by atoms with van der Waals surface area (Å²) < 4.78 is 29.5. The van der Waals surface area contributed by atoms with Gasteiger partial charge < -0.3 is 4.55 Å². The largest absolute Gasteiger partial charge is 0.748 e. The maximum absolute atomic E-state index is 12.1. The van der Waals surface area contributed by atoms with Gasteiger partial charge in [-0.2, -0.15) is 0 Å². The lowest BCUT2D eigenvalue weighted by Gasteiger charge is -2.12. The minimum absolute atomic E-state index is 0.103. The molecule has 0 aliphatic rings. The van der Waals surface area contributed by atoms with Crippen molar-refractivity contribution in [3.8, 4) is 0 Å². The highest BCUT2D eigenvalue weighted by atomic mass is 32.2. The minimum Gasteiger partial charge on any atom is -0.748 e. The van der Waals surface area contributed by atoms with E-state index in [1.54, 1.807) is 56.1 Å². The van der Waals surface area contributed by atoms with E-state index in [1.165, 1.54) is 14.7 Å². The maximum Gasteiger partial charge on any atom is 0.166 e. The number of hydrogen-bond donors (Lipinski definition) is 0. The maximum atomic E-state index is 12.1. The lowest BCUT2D eigenvalue weighted by Crippen LogP contribution is -2.05. The number of ketones is 3. The fourth-order valence-electron chi connectivity index (χ4n) is 6.88. The molecule has 0 saturated carbocycles. The van der Waals surface area contributed by atoms with Crippen LogP contribution in [0.3, 0.4) is 0 Å². The highest BCUT2D eigenvalue weighted by molar-refractivity contribution is 8.00. The zero-order valence-corrected chi connectivity index (χ0v) is 40.9. The smallest absolute Gasteiger partial charge is 0.166 e. The standard InChI is InChI=1S/C48H45O3S4.C4H10O3S/c1-7-34-28-40(16-25-46(34)31(4)49)52-37-10-19-43(20-11-37)55(44-21-12-38(13-22-44)53-41-17-26-47(32(5)50)35(8-2)29-41)45-23-14-39(15-24-45)54-42-18-27-48(33(6)51)36(9-3)30-42;1-2-3-4-8(5,6)7/h10-30H,7-9H2,1-6H3;2-4H2,1H3,(H,5,6,7)/q+1;/p-1. The fourth-order valence-corrected chi connectivity index (χ4v) is 12.2. The predicted molar refractivity (Wildman–Crippen MR) is 261 cm³/mol. The molecular weight excluding hydrogens is 881 g/mol. The summed E-state index contributed by atoms with van der Waals surface area (Å²) in [5.41, 5.74) is 5.64. The van der Waals surface area contributed by atoms with Gasteiger partial charge in [0.1, 0.15) is 0 Å². The normalized spacial score (nSPS) is 11.3. The second-order valence-electron chi connectivity index (χ2n) is 14.8. The van der Waals surface area contributed by atoms with Crippen molar-refractivity contribution in [2.75, 3.05) is 5.75 Å². The Labute approximate surface area is 389 Å². The van der Waals surface area contributed by atoms with Gasteiger partial charge in [0.05, 0.1) is 21.0 Å². The molecule has 0 heterocycles. The number of aryl methyl sites for hydroxylation is 3. The van der Waals surface area contributed by atoms with Crippen LogP contribution in [0.15, 0.2) is 171 Å². The van der Waals surface area contributed by atoms with Crippen molar-refractivity contribution in [1.82, 2.24) is 0 Å². The van der Waals surface area contributed by atoms with Gasteiger partial charge in [0.25, 0.3) is 0 Å². The first kappa shape index (κ1) is 49.7. The summed E-state index contributed by atoms with van der Waals surface area (Å²) in [5.74, 6) is 0.0894. The third-order valence-corrected chi connectivity index (χ3v) is 16.2. The lowest BCUT2D eigenvalue weighted by atomic mass is 10.0. The molecule has 63 heavy (non-hydrogen) atoms. The summed E-state index contributed by atoms with van der Waals surface area (Å²) in [5, 5.41) is 0. The Morgan fingerprint density at radius 2 is 0.730 bits per heavy atom. The van der Waals surface area contributed by atoms with Gasteiger partial charge in [-0.15, -0.1) is 0 Å². The molecule has 6 aromatic carbocycles. The molecule has 11 heteroatoms. The van der Waals surface area contributed by atoms with Gasteiger partial charge in [0, 0.05) is 51.8 Å². The molecule has 0 N–H and O–H groups in total. The second-order valence-corrected chi connectivity index (χ2v) is 21.8. The van der Waals surface area contributed by atoms with Crippen LogP contribution in [-0.4, -0.2) is 36.1 Å². The number of carbonyl (C=O) groups is 3. The molecule has 0 bridgehead atoms. The summed E-state index contributed by atoms with van der Waals surface area (Å²) in [6, 6.07) is 45.1. The number of Topliss-reactive ketones (excluding diaryl/α,β-unsaturated/α-hetero) is 3. The predicted octanol–water partition coefficient (Wildman–Crippen LogP) is 13.9. The molecule has 0 amide bonds. The molecule has 0 aromatic heterocycles. The van der Waals surface area contributed by atoms with Crippen molar-refractivity contribution in [2.24, 2.45) is 0 Å². The first-order valence-corrected chi connectivity index (χ1v) is 26.3. The van der Waals surface area contributed by atoms with Gasteiger partial charge in [-0.1, -0.05) is 87.6 Å². The van der Waals surface area contributed by atoms with Crippen LogP contribution in [0.4, 0.5) is 0 Å². The van der Waals surface area contributed by atoms with E-state index in [-0.39, 0.29) is 34.0 Å². The van der Waals surface area contributed by atoms with Gasteiger partial charge in [-0.3, -0.25) is 14.4 Å². The van der Waals surface area contributed by atoms with Gasteiger partial charge in [0.2, 0.25) is 0 Å². The van der Waals surface area contributed by atoms with E-state index in [4.69, 9.17) is 0 Å². The molecule has 0 fully saturated rings. The van der Waals surface area contributed by atoms with Gasteiger partial charge >= 0.3 is 0 Å². The fraction of sp³-hybridized carbons (Fsp3) is 0.250. The second kappa shape index (κ2) is 23.5. The van der Waals surface area contributed by atoms with Crippen molar-refractivity contribution in [2.45, 2.75) is 125 Å². The van der Waals surface area contributed by atoms with Crippen LogP contribution in [0.1, 0.15) is 109 Å². The zero-order valence-electron chi connectivity index (χ0n) is 36.9. The Hall–Kier alpha value is -4.36. The SMILES string of the molecule is CCCCS(=O)(=O)[O-].CCc1cc(Sc2ccc([S+](c3ccc(Sc4ccc(C(C)=O)c(CC)c4)cc3)c3ccc(Sc4ccc(C(C)=O)c(CC)c4)cc3)cc2)ccc1C(C)=O. The Bertz CT molecular complexity index is 2380. The van der Waals surface area contributed by atoms with Crippen LogP contribution in [0.25, 0.3) is 0 Å². The topological polar surface area (TPSA) is 108 Å². The van der Waals surface area contributed by atoms with E-state index in [1.807, 2.05) is 43.3 Å². The number of rotatable bonds is 18. The van der Waals surface area contributed by atoms with Gasteiger partial charge in [0.15, 0.2) is 32.0 Å².